The summed E-state index contributed by atoms with van der Waals surface area (Å²) in [7, 11) is 3.93. The van der Waals surface area contributed by atoms with E-state index in [9.17, 15) is 9.59 Å². The third-order valence-electron chi connectivity index (χ3n) is 4.05. The van der Waals surface area contributed by atoms with Crippen LogP contribution >= 0.6 is 0 Å². The molecule has 0 atom stereocenters. The highest BCUT2D eigenvalue weighted by Gasteiger charge is 2.13. The molecule has 0 unspecified atom stereocenters. The topological polar surface area (TPSA) is 78.1 Å². The van der Waals surface area contributed by atoms with Crippen molar-refractivity contribution in [1.82, 2.24) is 14.9 Å². The first-order valence-corrected chi connectivity index (χ1v) is 8.64. The van der Waals surface area contributed by atoms with Gasteiger partial charge in [-0.15, -0.1) is 0 Å². The van der Waals surface area contributed by atoms with Crippen LogP contribution in [0.1, 0.15) is 21.5 Å². The third-order valence-corrected chi connectivity index (χ3v) is 4.05. The Bertz CT molecular complexity index is 1020. The van der Waals surface area contributed by atoms with Crippen LogP contribution in [0.25, 0.3) is 11.3 Å². The first-order valence-electron chi connectivity index (χ1n) is 8.64. The van der Waals surface area contributed by atoms with E-state index in [1.807, 2.05) is 56.3 Å². The second-order valence-corrected chi connectivity index (χ2v) is 6.73. The van der Waals surface area contributed by atoms with Crippen LogP contribution in [0.4, 0.5) is 5.82 Å². The van der Waals surface area contributed by atoms with Crippen LogP contribution in [-0.2, 0) is 6.54 Å². The molecule has 1 aromatic carbocycles. The van der Waals surface area contributed by atoms with Crippen LogP contribution in [0.5, 0.6) is 0 Å². The minimum Gasteiger partial charge on any atom is -0.321 e. The molecule has 138 valence electrons. The lowest BCUT2D eigenvalue weighted by Gasteiger charge is -2.11. The molecule has 2 N–H and O–H groups in total. The Kier molecular flexibility index (Phi) is 5.47. The second kappa shape index (κ2) is 7.97. The SMILES string of the molecule is Cc1cccc(-c2ccc(C(=O)Nc3cc(CN(C)C)ccn3)c(=O)[nH]2)c1. The Morgan fingerprint density at radius 1 is 1.15 bits per heavy atom. The number of nitrogens with zero attached hydrogens (tertiary/aromatic N) is 2. The van der Waals surface area contributed by atoms with Gasteiger partial charge in [0.05, 0.1) is 0 Å². The zero-order valence-electron chi connectivity index (χ0n) is 15.6. The fraction of sp³-hybridized carbons (Fsp3) is 0.190. The summed E-state index contributed by atoms with van der Waals surface area (Å²) in [5, 5.41) is 2.69. The molecule has 0 saturated heterocycles. The maximum Gasteiger partial charge on any atom is 0.262 e. The summed E-state index contributed by atoms with van der Waals surface area (Å²) in [4.78, 5) is 33.8. The number of aryl methyl sites for hydroxylation is 1. The van der Waals surface area contributed by atoms with Gasteiger partial charge in [0.25, 0.3) is 11.5 Å². The molecule has 0 bridgehead atoms. The number of H-pyrrole nitrogens is 1. The number of nitrogens with one attached hydrogen (secondary N) is 2. The van der Waals surface area contributed by atoms with E-state index in [-0.39, 0.29) is 5.56 Å². The molecule has 6 nitrogen and oxygen atoms in total. The van der Waals surface area contributed by atoms with Gasteiger partial charge in [-0.2, -0.15) is 0 Å². The summed E-state index contributed by atoms with van der Waals surface area (Å²) in [6.45, 7) is 2.72. The first kappa shape index (κ1) is 18.5. The van der Waals surface area contributed by atoms with Gasteiger partial charge in [0.15, 0.2) is 0 Å². The minimum atomic E-state index is -0.485. The summed E-state index contributed by atoms with van der Waals surface area (Å²) in [5.74, 6) is -0.0666. The Morgan fingerprint density at radius 3 is 2.67 bits per heavy atom. The number of benzene rings is 1. The van der Waals surface area contributed by atoms with E-state index in [2.05, 4.69) is 15.3 Å². The van der Waals surface area contributed by atoms with E-state index < -0.39 is 11.5 Å². The van der Waals surface area contributed by atoms with Gasteiger partial charge >= 0.3 is 0 Å². The van der Waals surface area contributed by atoms with Crippen molar-refractivity contribution in [1.29, 1.82) is 0 Å². The highest BCUT2D eigenvalue weighted by molar-refractivity contribution is 6.03. The quantitative estimate of drug-likeness (QED) is 0.731. The van der Waals surface area contributed by atoms with Crippen LogP contribution in [0.15, 0.2) is 59.5 Å². The zero-order valence-corrected chi connectivity index (χ0v) is 15.6. The van der Waals surface area contributed by atoms with Crippen LogP contribution in [0, 0.1) is 6.92 Å². The molecule has 0 aliphatic rings. The van der Waals surface area contributed by atoms with Crippen molar-refractivity contribution < 1.29 is 4.79 Å². The molecular formula is C21H22N4O2. The monoisotopic (exact) mass is 362 g/mol. The summed E-state index contributed by atoms with van der Waals surface area (Å²) in [6, 6.07) is 14.8. The van der Waals surface area contributed by atoms with Gasteiger partial charge in [-0.3, -0.25) is 9.59 Å². The third kappa shape index (κ3) is 4.68. The fourth-order valence-corrected chi connectivity index (χ4v) is 2.82. The van der Waals surface area contributed by atoms with Crippen molar-refractivity contribution in [3.05, 3.63) is 81.8 Å². The molecule has 0 radical (unpaired) electrons. The Labute approximate surface area is 157 Å². The molecule has 3 rings (SSSR count). The molecule has 0 aliphatic heterocycles. The largest absolute Gasteiger partial charge is 0.321 e. The number of hydrogen-bond donors (Lipinski definition) is 2. The van der Waals surface area contributed by atoms with E-state index >= 15 is 0 Å². The smallest absolute Gasteiger partial charge is 0.262 e. The number of pyridine rings is 2. The number of carbonyl (C=O) groups excluding carboxylic acids is 1. The standard InChI is InChI=1S/C21H22N4O2/c1-14-5-4-6-16(11-14)18-8-7-17(20(26)23-18)21(27)24-19-12-15(9-10-22-19)13-25(2)3/h4-12H,13H2,1-3H3,(H,23,26)(H,22,24,27). The minimum absolute atomic E-state index is 0.0474. The van der Waals surface area contributed by atoms with Gasteiger partial charge in [-0.25, -0.2) is 4.98 Å². The summed E-state index contributed by atoms with van der Waals surface area (Å²) in [6.07, 6.45) is 1.64. The Balaban J connectivity index is 1.80. The van der Waals surface area contributed by atoms with Crippen molar-refractivity contribution in [2.45, 2.75) is 13.5 Å². The lowest BCUT2D eigenvalue weighted by molar-refractivity contribution is 0.102. The van der Waals surface area contributed by atoms with Crippen LogP contribution in [-0.4, -0.2) is 34.9 Å². The highest BCUT2D eigenvalue weighted by Crippen LogP contribution is 2.17. The first-order chi connectivity index (χ1) is 12.9. The molecule has 2 heterocycles. The van der Waals surface area contributed by atoms with Gasteiger partial charge in [0.1, 0.15) is 11.4 Å². The number of anilines is 1. The average molecular weight is 362 g/mol. The van der Waals surface area contributed by atoms with E-state index in [1.54, 1.807) is 18.3 Å². The van der Waals surface area contributed by atoms with E-state index in [1.165, 1.54) is 6.07 Å². The Hall–Kier alpha value is -3.25. The molecule has 0 saturated carbocycles. The lowest BCUT2D eigenvalue weighted by atomic mass is 10.1. The van der Waals surface area contributed by atoms with Gasteiger partial charge in [-0.1, -0.05) is 23.8 Å². The number of hydrogen-bond acceptors (Lipinski definition) is 4. The summed E-state index contributed by atoms with van der Waals surface area (Å²) >= 11 is 0. The van der Waals surface area contributed by atoms with Crippen LogP contribution < -0.4 is 10.9 Å². The predicted octanol–water partition coefficient (Wildman–Crippen LogP) is 3.06. The Morgan fingerprint density at radius 2 is 1.96 bits per heavy atom. The van der Waals surface area contributed by atoms with Gasteiger partial charge in [-0.05, 0) is 62.5 Å². The number of carbonyl (C=O) groups is 1. The number of aromatic nitrogens is 2. The molecule has 27 heavy (non-hydrogen) atoms. The lowest BCUT2D eigenvalue weighted by Crippen LogP contribution is -2.23. The van der Waals surface area contributed by atoms with Gasteiger partial charge in [0.2, 0.25) is 0 Å². The van der Waals surface area contributed by atoms with E-state index in [4.69, 9.17) is 0 Å². The fourth-order valence-electron chi connectivity index (χ4n) is 2.82. The van der Waals surface area contributed by atoms with Crippen molar-refractivity contribution in [2.75, 3.05) is 19.4 Å². The molecule has 6 heteroatoms. The highest BCUT2D eigenvalue weighted by atomic mass is 16.2. The zero-order chi connectivity index (χ0) is 19.4. The van der Waals surface area contributed by atoms with Crippen molar-refractivity contribution in [2.24, 2.45) is 0 Å². The molecule has 1 amide bonds. The maximum atomic E-state index is 12.5. The molecule has 3 aromatic rings. The number of rotatable bonds is 5. The van der Waals surface area contributed by atoms with E-state index in [0.29, 0.717) is 11.5 Å². The molecule has 0 fully saturated rings. The van der Waals surface area contributed by atoms with Gasteiger partial charge in [0, 0.05) is 18.4 Å². The summed E-state index contributed by atoms with van der Waals surface area (Å²) in [5.41, 5.74) is 3.30. The van der Waals surface area contributed by atoms with Crippen LogP contribution in [0.2, 0.25) is 0 Å². The molecular weight excluding hydrogens is 340 g/mol. The van der Waals surface area contributed by atoms with Crippen LogP contribution in [0.3, 0.4) is 0 Å². The molecule has 0 aliphatic carbocycles. The maximum absolute atomic E-state index is 12.5. The predicted molar refractivity (Wildman–Crippen MR) is 107 cm³/mol. The second-order valence-electron chi connectivity index (χ2n) is 6.73. The normalized spacial score (nSPS) is 10.8. The van der Waals surface area contributed by atoms with E-state index in [0.717, 1.165) is 23.2 Å². The number of amides is 1. The number of aromatic amines is 1. The molecule has 2 aromatic heterocycles. The van der Waals surface area contributed by atoms with Gasteiger partial charge < -0.3 is 15.2 Å². The molecule has 0 spiro atoms. The summed E-state index contributed by atoms with van der Waals surface area (Å²) < 4.78 is 0. The average Bonchev–Trinajstić information content (AvgIpc) is 2.61. The van der Waals surface area contributed by atoms with Crippen molar-refractivity contribution in [3.8, 4) is 11.3 Å². The van der Waals surface area contributed by atoms with Crippen molar-refractivity contribution >= 4 is 11.7 Å². The van der Waals surface area contributed by atoms with Crippen molar-refractivity contribution in [3.63, 3.8) is 0 Å².